The molecule has 5 nitrogen and oxygen atoms in total. The van der Waals surface area contributed by atoms with Gasteiger partial charge in [0.25, 0.3) is 0 Å². The van der Waals surface area contributed by atoms with E-state index in [1.807, 2.05) is 0 Å². The number of alkyl halides is 3. The third-order valence-electron chi connectivity index (χ3n) is 3.74. The molecular formula is C17H14F3N3O2. The van der Waals surface area contributed by atoms with Crippen LogP contribution in [0, 0.1) is 0 Å². The molecule has 0 spiro atoms. The van der Waals surface area contributed by atoms with Crippen LogP contribution in [-0.4, -0.2) is 41.5 Å². The van der Waals surface area contributed by atoms with E-state index in [1.165, 1.54) is 11.0 Å². The van der Waals surface area contributed by atoms with Gasteiger partial charge < -0.3 is 4.74 Å². The van der Waals surface area contributed by atoms with Crippen LogP contribution in [0.1, 0.15) is 12.5 Å². The lowest BCUT2D eigenvalue weighted by Gasteiger charge is -2.36. The smallest absolute Gasteiger partial charge is 0.445 e. The number of amidine groups is 2. The summed E-state index contributed by atoms with van der Waals surface area (Å²) in [5.41, 5.74) is -2.10. The zero-order valence-corrected chi connectivity index (χ0v) is 13.4. The maximum absolute atomic E-state index is 13.8. The number of benzene rings is 1. The average molecular weight is 349 g/mol. The number of rotatable bonds is 2. The number of aliphatic imine (C=N–C) groups is 2. The number of halogens is 3. The minimum Gasteiger partial charge on any atom is -0.465 e. The molecule has 0 amide bonds. The Hall–Kier alpha value is -2.90. The second kappa shape index (κ2) is 5.87. The molecule has 0 bridgehead atoms. The van der Waals surface area contributed by atoms with Gasteiger partial charge in [0.1, 0.15) is 11.7 Å². The molecular weight excluding hydrogens is 335 g/mol. The van der Waals surface area contributed by atoms with E-state index in [-0.39, 0.29) is 11.7 Å². The summed E-state index contributed by atoms with van der Waals surface area (Å²) in [6.45, 7) is 1.79. The highest BCUT2D eigenvalue weighted by Gasteiger charge is 2.64. The fourth-order valence-corrected chi connectivity index (χ4v) is 2.52. The molecule has 1 unspecified atom stereocenters. The summed E-state index contributed by atoms with van der Waals surface area (Å²) >= 11 is 0. The fourth-order valence-electron chi connectivity index (χ4n) is 2.52. The van der Waals surface area contributed by atoms with Gasteiger partial charge in [0.05, 0.1) is 7.11 Å². The van der Waals surface area contributed by atoms with Crippen LogP contribution in [-0.2, 0) is 9.53 Å². The first-order valence-electron chi connectivity index (χ1n) is 7.34. The van der Waals surface area contributed by atoms with Gasteiger partial charge in [-0.1, -0.05) is 36.4 Å². The highest BCUT2D eigenvalue weighted by Crippen LogP contribution is 2.40. The Labute approximate surface area is 141 Å². The van der Waals surface area contributed by atoms with Crippen molar-refractivity contribution in [2.24, 2.45) is 9.98 Å². The first kappa shape index (κ1) is 16.9. The van der Waals surface area contributed by atoms with Crippen LogP contribution in [0.15, 0.2) is 64.2 Å². The van der Waals surface area contributed by atoms with Gasteiger partial charge in [0.15, 0.2) is 0 Å². The van der Waals surface area contributed by atoms with Crippen LogP contribution in [0.4, 0.5) is 13.2 Å². The Morgan fingerprint density at radius 1 is 1.16 bits per heavy atom. The number of nitrogens with zero attached hydrogens (tertiary/aromatic N) is 3. The quantitative estimate of drug-likeness (QED) is 0.771. The van der Waals surface area contributed by atoms with Crippen LogP contribution in [0.2, 0.25) is 0 Å². The average Bonchev–Trinajstić information content (AvgIpc) is 2.60. The van der Waals surface area contributed by atoms with Crippen molar-refractivity contribution in [1.82, 2.24) is 4.90 Å². The second-order valence-electron chi connectivity index (χ2n) is 5.51. The van der Waals surface area contributed by atoms with Gasteiger partial charge >= 0.3 is 17.8 Å². The fraction of sp³-hybridized carbons (Fsp3) is 0.235. The molecule has 0 N–H and O–H groups in total. The molecule has 2 aliphatic rings. The standard InChI is InChI=1S/C17H14F3N3O2/c1-11-8-9-13-21-16(15(24)25-2,17(18,19)20)22-14(23(13)10-11)12-6-4-3-5-7-12/h3-10H,1-2H3. The van der Waals surface area contributed by atoms with Gasteiger partial charge in [-0.25, -0.2) is 14.8 Å². The van der Waals surface area contributed by atoms with Crippen LogP contribution >= 0.6 is 0 Å². The summed E-state index contributed by atoms with van der Waals surface area (Å²) in [6, 6.07) is 8.31. The largest absolute Gasteiger partial charge is 0.465 e. The SMILES string of the molecule is COC(=O)C1(C(F)(F)F)N=C2C=CC(C)=CN2C(c2ccccc2)=N1. The number of hydrogen-bond donors (Lipinski definition) is 0. The number of esters is 1. The summed E-state index contributed by atoms with van der Waals surface area (Å²) in [7, 11) is 0.876. The van der Waals surface area contributed by atoms with Crippen molar-refractivity contribution in [3.63, 3.8) is 0 Å². The first-order valence-corrected chi connectivity index (χ1v) is 7.34. The number of ether oxygens (including phenoxy) is 1. The second-order valence-corrected chi connectivity index (χ2v) is 5.51. The van der Waals surface area contributed by atoms with Crippen molar-refractivity contribution < 1.29 is 22.7 Å². The van der Waals surface area contributed by atoms with Crippen LogP contribution in [0.25, 0.3) is 0 Å². The molecule has 3 rings (SSSR count). The molecule has 2 heterocycles. The van der Waals surface area contributed by atoms with Gasteiger partial charge in [-0.15, -0.1) is 0 Å². The summed E-state index contributed by atoms with van der Waals surface area (Å²) in [5, 5.41) is 0. The zero-order valence-electron chi connectivity index (χ0n) is 13.4. The molecule has 1 aromatic carbocycles. The molecule has 0 aromatic heterocycles. The van der Waals surface area contributed by atoms with Crippen molar-refractivity contribution in [1.29, 1.82) is 0 Å². The van der Waals surface area contributed by atoms with Crippen molar-refractivity contribution in [3.8, 4) is 0 Å². The molecule has 2 aliphatic heterocycles. The lowest BCUT2D eigenvalue weighted by Crippen LogP contribution is -2.55. The monoisotopic (exact) mass is 349 g/mol. The number of carbonyl (C=O) groups excluding carboxylic acids is 1. The normalized spacial score (nSPS) is 22.6. The summed E-state index contributed by atoms with van der Waals surface area (Å²) < 4.78 is 45.7. The van der Waals surface area contributed by atoms with Gasteiger partial charge in [0.2, 0.25) is 0 Å². The molecule has 25 heavy (non-hydrogen) atoms. The van der Waals surface area contributed by atoms with Crippen LogP contribution in [0.5, 0.6) is 0 Å². The Morgan fingerprint density at radius 2 is 1.84 bits per heavy atom. The van der Waals surface area contributed by atoms with Crippen molar-refractivity contribution in [3.05, 3.63) is 59.8 Å². The summed E-state index contributed by atoms with van der Waals surface area (Å²) in [5.74, 6) is -1.65. The minimum atomic E-state index is -5.05. The van der Waals surface area contributed by atoms with Gasteiger partial charge in [-0.2, -0.15) is 13.2 Å². The number of carbonyl (C=O) groups is 1. The number of allylic oxidation sites excluding steroid dienone is 2. The lowest BCUT2D eigenvalue weighted by molar-refractivity contribution is -0.202. The van der Waals surface area contributed by atoms with Crippen LogP contribution in [0.3, 0.4) is 0 Å². The summed E-state index contributed by atoms with van der Waals surface area (Å²) in [4.78, 5) is 20.8. The highest BCUT2D eigenvalue weighted by atomic mass is 19.4. The third-order valence-corrected chi connectivity index (χ3v) is 3.74. The molecule has 0 radical (unpaired) electrons. The molecule has 8 heteroatoms. The lowest BCUT2D eigenvalue weighted by atomic mass is 10.1. The third kappa shape index (κ3) is 2.73. The van der Waals surface area contributed by atoms with E-state index in [0.29, 0.717) is 5.56 Å². The molecule has 130 valence electrons. The maximum Gasteiger partial charge on any atom is 0.445 e. The molecule has 0 aliphatic carbocycles. The number of fused-ring (bicyclic) bond motifs is 1. The van der Waals surface area contributed by atoms with E-state index in [4.69, 9.17) is 0 Å². The molecule has 1 aromatic rings. The van der Waals surface area contributed by atoms with Gasteiger partial charge in [-0.3, -0.25) is 4.90 Å². The zero-order chi connectivity index (χ0) is 18.2. The molecule has 1 atom stereocenters. The van der Waals surface area contributed by atoms with Crippen molar-refractivity contribution in [2.75, 3.05) is 7.11 Å². The highest BCUT2D eigenvalue weighted by molar-refractivity contribution is 6.17. The van der Waals surface area contributed by atoms with E-state index >= 15 is 0 Å². The maximum atomic E-state index is 13.8. The van der Waals surface area contributed by atoms with Crippen molar-refractivity contribution in [2.45, 2.75) is 18.8 Å². The van der Waals surface area contributed by atoms with Gasteiger partial charge in [0, 0.05) is 11.8 Å². The van der Waals surface area contributed by atoms with E-state index in [9.17, 15) is 18.0 Å². The number of methoxy groups -OCH3 is 1. The predicted molar refractivity (Wildman–Crippen MR) is 86.0 cm³/mol. The molecule has 0 fully saturated rings. The Bertz CT molecular complexity index is 825. The Balaban J connectivity index is 2.28. The Kier molecular flexibility index (Phi) is 3.98. The minimum absolute atomic E-state index is 0.0305. The molecule has 0 saturated heterocycles. The van der Waals surface area contributed by atoms with E-state index < -0.39 is 17.8 Å². The van der Waals surface area contributed by atoms with E-state index in [1.54, 1.807) is 49.5 Å². The van der Waals surface area contributed by atoms with E-state index in [0.717, 1.165) is 12.7 Å². The first-order chi connectivity index (χ1) is 11.8. The van der Waals surface area contributed by atoms with Crippen molar-refractivity contribution >= 4 is 17.6 Å². The topological polar surface area (TPSA) is 54.3 Å². The predicted octanol–water partition coefficient (Wildman–Crippen LogP) is 3.05. The van der Waals surface area contributed by atoms with Gasteiger partial charge in [-0.05, 0) is 18.6 Å². The number of hydrogen-bond acceptors (Lipinski definition) is 5. The Morgan fingerprint density at radius 3 is 2.44 bits per heavy atom. The van der Waals surface area contributed by atoms with Crippen LogP contribution < -0.4 is 0 Å². The molecule has 0 saturated carbocycles. The van der Waals surface area contributed by atoms with E-state index in [2.05, 4.69) is 14.7 Å². The summed E-state index contributed by atoms with van der Waals surface area (Å²) in [6.07, 6.45) is -0.413.